The molecule has 1 fully saturated rings. The van der Waals surface area contributed by atoms with Crippen LogP contribution in [-0.2, 0) is 32.0 Å². The molecule has 13 nitrogen and oxygen atoms in total. The number of phosphoric acid groups is 2. The highest BCUT2D eigenvalue weighted by molar-refractivity contribution is 7.61. The Hall–Kier alpha value is -4.33. The van der Waals surface area contributed by atoms with Crippen LogP contribution >= 0.6 is 15.6 Å². The summed E-state index contributed by atoms with van der Waals surface area (Å²) in [5, 5.41) is 32.2. The van der Waals surface area contributed by atoms with E-state index in [4.69, 9.17) is 13.8 Å². The van der Waals surface area contributed by atoms with Gasteiger partial charge >= 0.3 is 15.6 Å². The number of phosphoric ester groups is 2. The Morgan fingerprint density at radius 2 is 0.621 bits per heavy atom. The fourth-order valence-electron chi connectivity index (χ4n) is 12.1. The molecule has 1 aliphatic rings. The van der Waals surface area contributed by atoms with E-state index in [2.05, 4.69) is 212 Å². The highest BCUT2D eigenvalue weighted by atomic mass is 31.3. The molecule has 3 unspecified atom stereocenters. The molecule has 1 aliphatic heterocycles. The summed E-state index contributed by atoms with van der Waals surface area (Å²) >= 11 is 0. The number of amides is 1. The van der Waals surface area contributed by atoms with Crippen LogP contribution in [0.2, 0.25) is 0 Å². The second-order valence-electron chi connectivity index (χ2n) is 30.4. The topological polar surface area (TPSA) is 201 Å². The van der Waals surface area contributed by atoms with Crippen LogP contribution in [-0.4, -0.2) is 74.9 Å². The number of hydrogen-bond acceptors (Lipinski definition) is 10. The fourth-order valence-corrected chi connectivity index (χ4v) is 14.3. The molecule has 1 amide bonds. The first-order valence-electron chi connectivity index (χ1n) is 39.1. The molecule has 0 aromatic rings. The molecule has 103 heavy (non-hydrogen) atoms. The zero-order chi connectivity index (χ0) is 77.2. The maximum Gasteiger partial charge on any atom is 0.483 e. The van der Waals surface area contributed by atoms with E-state index in [9.17, 15) is 39.0 Å². The third-order valence-electron chi connectivity index (χ3n) is 19.2. The van der Waals surface area contributed by atoms with Gasteiger partial charge in [-0.3, -0.25) is 13.8 Å². The number of carbonyl (C=O) groups excluding carboxylic acids is 1. The molecule has 0 bridgehead atoms. The van der Waals surface area contributed by atoms with E-state index >= 15 is 0 Å². The van der Waals surface area contributed by atoms with Crippen LogP contribution in [0.4, 0.5) is 0 Å². The van der Waals surface area contributed by atoms with Crippen molar-refractivity contribution in [2.45, 2.75) is 354 Å². The van der Waals surface area contributed by atoms with Gasteiger partial charge in [0, 0.05) is 6.92 Å². The summed E-state index contributed by atoms with van der Waals surface area (Å²) in [5.41, 5.74) is 22.1. The van der Waals surface area contributed by atoms with Crippen molar-refractivity contribution in [3.63, 3.8) is 0 Å². The van der Waals surface area contributed by atoms with Gasteiger partial charge in [-0.05, 0) is 316 Å². The number of carbonyl (C=O) groups is 1. The number of ether oxygens (including phenoxy) is 1. The second kappa shape index (κ2) is 56.9. The van der Waals surface area contributed by atoms with Crippen LogP contribution in [0.3, 0.4) is 0 Å². The van der Waals surface area contributed by atoms with Gasteiger partial charge in [-0.2, -0.15) is 4.31 Å². The van der Waals surface area contributed by atoms with E-state index < -0.39 is 58.8 Å². The number of aliphatic hydroxyl groups excluding tert-OH is 3. The Labute approximate surface area is 628 Å². The van der Waals surface area contributed by atoms with E-state index in [0.29, 0.717) is 6.42 Å². The Morgan fingerprint density at radius 1 is 0.379 bits per heavy atom. The van der Waals surface area contributed by atoms with E-state index in [1.54, 1.807) is 0 Å². The number of hydrogen-bond donors (Lipinski definition) is 6. The van der Waals surface area contributed by atoms with Crippen molar-refractivity contribution in [1.82, 2.24) is 5.32 Å². The normalized spacial score (nSPS) is 20.4. The Bertz CT molecular complexity index is 3060. The molecule has 586 valence electrons. The van der Waals surface area contributed by atoms with Crippen LogP contribution < -0.4 is 5.32 Å². The van der Waals surface area contributed by atoms with E-state index in [1.807, 2.05) is 6.92 Å². The maximum atomic E-state index is 12.7. The molecule has 0 aromatic carbocycles. The minimum Gasteiger partial charge on any atom is -0.394 e. The highest BCUT2D eigenvalue weighted by Crippen LogP contribution is 2.61. The van der Waals surface area contributed by atoms with Gasteiger partial charge < -0.3 is 35.2 Å². The molecule has 0 aromatic heterocycles. The van der Waals surface area contributed by atoms with Crippen molar-refractivity contribution in [2.24, 2.45) is 5.92 Å². The van der Waals surface area contributed by atoms with Gasteiger partial charge in [0.2, 0.25) is 5.91 Å². The zero-order valence-electron chi connectivity index (χ0n) is 67.9. The molecular formula is C88H147NO12P2. The largest absolute Gasteiger partial charge is 0.483 e. The van der Waals surface area contributed by atoms with Crippen molar-refractivity contribution < 1.29 is 57.1 Å². The highest BCUT2D eigenvalue weighted by Gasteiger charge is 2.49. The predicted octanol–water partition coefficient (Wildman–Crippen LogP) is 25.1. The van der Waals surface area contributed by atoms with Crippen LogP contribution in [0.5, 0.6) is 0 Å². The molecule has 1 heterocycles. The number of rotatable bonds is 55. The third kappa shape index (κ3) is 53.2. The SMILES string of the molecule is CC(=O)N[C@H]1[C@H](OP(=O)(O)OP(=O)(O)OCCC(C)CC/C=C(\C)CC/C=C(\C)CC/C=C(\C)CC/C=C(\C)CC/C=C(\C)CC/C=C(\C)CC/C=C(\C)CC/C=C(\C)CC/C=C(\C)CC/C=C(\C)CC/C=C(\C)CC/C=C(\C)CC/C=C(\C)CC/C=C(\C)CCC=C(C)C)O[C@H](CO)[C@@H](O)[C@@H]1O. The molecule has 6 N–H and O–H groups in total. The van der Waals surface area contributed by atoms with Crippen LogP contribution in [0.25, 0.3) is 0 Å². The van der Waals surface area contributed by atoms with Crippen LogP contribution in [0, 0.1) is 5.92 Å². The maximum absolute atomic E-state index is 12.7. The minimum absolute atomic E-state index is 0.0980. The number of nitrogens with one attached hydrogen (secondary N) is 1. The quantitative estimate of drug-likeness (QED) is 0.0249. The first-order valence-corrected chi connectivity index (χ1v) is 42.1. The lowest BCUT2D eigenvalue weighted by atomic mass is 9.97. The Balaban J connectivity index is 2.27. The molecule has 1 saturated heterocycles. The van der Waals surface area contributed by atoms with Crippen molar-refractivity contribution in [3.05, 3.63) is 175 Å². The summed E-state index contributed by atoms with van der Waals surface area (Å²) in [6, 6.07) is -1.57. The Kier molecular flexibility index (Phi) is 53.4. The first-order chi connectivity index (χ1) is 48.7. The molecular weight excluding hydrogens is 1320 g/mol. The van der Waals surface area contributed by atoms with Gasteiger partial charge in [-0.25, -0.2) is 9.13 Å². The van der Waals surface area contributed by atoms with Gasteiger partial charge in [0.25, 0.3) is 0 Å². The number of aliphatic hydroxyl groups is 3. The molecule has 0 radical (unpaired) electrons. The average Bonchev–Trinajstić information content (AvgIpc) is 0.794. The molecule has 0 aliphatic carbocycles. The number of allylic oxidation sites excluding steroid dienone is 30. The van der Waals surface area contributed by atoms with Gasteiger partial charge in [0.15, 0.2) is 6.29 Å². The van der Waals surface area contributed by atoms with Gasteiger partial charge in [-0.15, -0.1) is 0 Å². The van der Waals surface area contributed by atoms with E-state index in [-0.39, 0.29) is 12.5 Å². The summed E-state index contributed by atoms with van der Waals surface area (Å²) in [6.07, 6.45) is 62.6. The van der Waals surface area contributed by atoms with Gasteiger partial charge in [-0.1, -0.05) is 182 Å². The molecule has 0 spiro atoms. The molecule has 0 saturated carbocycles. The van der Waals surface area contributed by atoms with Crippen molar-refractivity contribution in [2.75, 3.05) is 13.2 Å². The Morgan fingerprint density at radius 3 is 0.854 bits per heavy atom. The summed E-state index contributed by atoms with van der Waals surface area (Å²) < 4.78 is 44.7. The van der Waals surface area contributed by atoms with E-state index in [0.717, 1.165) is 180 Å². The predicted molar refractivity (Wildman–Crippen MR) is 437 cm³/mol. The first kappa shape index (κ1) is 96.7. The lowest BCUT2D eigenvalue weighted by Gasteiger charge is -2.42. The minimum atomic E-state index is -5.41. The third-order valence-corrected chi connectivity index (χ3v) is 21.8. The lowest BCUT2D eigenvalue weighted by molar-refractivity contribution is -0.247. The van der Waals surface area contributed by atoms with Gasteiger partial charge in [0.05, 0.1) is 13.2 Å². The molecule has 8 atom stereocenters. The van der Waals surface area contributed by atoms with E-state index in [1.165, 1.54) is 103 Å². The standard InChI is InChI=1S/C88H147NO12P2/c1-67(2)34-19-35-68(3)36-20-37-69(4)38-21-39-70(5)40-22-41-71(6)42-23-43-72(7)44-24-45-73(8)46-25-47-74(9)48-26-49-75(10)50-27-51-76(11)52-28-53-77(12)54-29-55-78(13)56-30-57-79(14)58-31-59-80(15)60-32-61-81(16)62-33-63-82(17)64-65-98-102(94,95)101-103(96,97)100-88-85(89-83(18)91)87(93)86(92)84(66-90)99-88/h34,36,38,40,42,44,46,48,50,52,54,56,58,60,62,82,84-88,90,92-93H,19-33,35,37,39,41,43,45,47,49,51,53,55,57,59,61,63-66H2,1-18H3,(H,89,91)(H,94,95)(H,96,97)/b68-36+,69-38+,70-40+,71-42+,72-44+,73-46+,74-48+,75-50+,76-52+,77-54+,78-56+,79-58+,80-60+,81-62+/t82?,84-,85-,86-,87-,88+/m1/s1. The summed E-state index contributed by atoms with van der Waals surface area (Å²) in [6.45, 7) is 38.2. The monoisotopic (exact) mass is 1470 g/mol. The van der Waals surface area contributed by atoms with Crippen molar-refractivity contribution in [1.29, 1.82) is 0 Å². The van der Waals surface area contributed by atoms with Crippen LogP contribution in [0.15, 0.2) is 175 Å². The fraction of sp³-hybridized carbons (Fsp3) is 0.648. The molecule has 1 rings (SSSR count). The van der Waals surface area contributed by atoms with Crippen molar-refractivity contribution >= 4 is 21.6 Å². The second-order valence-corrected chi connectivity index (χ2v) is 33.4. The summed E-state index contributed by atoms with van der Waals surface area (Å²) in [4.78, 5) is 32.1. The average molecular weight is 1470 g/mol. The zero-order valence-corrected chi connectivity index (χ0v) is 69.7. The molecule has 15 heteroatoms. The van der Waals surface area contributed by atoms with Gasteiger partial charge in [0.1, 0.15) is 24.4 Å². The lowest BCUT2D eigenvalue weighted by Crippen LogP contribution is -2.64. The summed E-state index contributed by atoms with van der Waals surface area (Å²) in [7, 11) is -10.5. The van der Waals surface area contributed by atoms with Crippen LogP contribution in [0.1, 0.15) is 324 Å². The summed E-state index contributed by atoms with van der Waals surface area (Å²) in [5.74, 6) is -0.603. The smallest absolute Gasteiger partial charge is 0.394 e. The van der Waals surface area contributed by atoms with Crippen molar-refractivity contribution in [3.8, 4) is 0 Å².